The number of nitrogens with zero attached hydrogens (tertiary/aromatic N) is 2. The Hall–Kier alpha value is -2.30. The van der Waals surface area contributed by atoms with Gasteiger partial charge in [0.2, 0.25) is 0 Å². The number of carboxylic acid groups (broad SMARTS) is 1. The molecule has 18 heavy (non-hydrogen) atoms. The highest BCUT2D eigenvalue weighted by Gasteiger charge is 2.06. The molecular formula is C13H14N2O3. The first-order chi connectivity index (χ1) is 8.65. The lowest BCUT2D eigenvalue weighted by Gasteiger charge is -2.07. The first kappa shape index (κ1) is 12.2. The molecule has 2 aromatic rings. The quantitative estimate of drug-likeness (QED) is 0.841. The van der Waals surface area contributed by atoms with E-state index in [4.69, 9.17) is 5.11 Å². The molecule has 0 atom stereocenters. The van der Waals surface area contributed by atoms with E-state index in [0.29, 0.717) is 18.5 Å². The van der Waals surface area contributed by atoms with Gasteiger partial charge in [0.05, 0.1) is 6.33 Å². The number of phenolic OH excluding ortho intramolecular Hbond substituents is 1. The van der Waals surface area contributed by atoms with Gasteiger partial charge in [-0.15, -0.1) is 0 Å². The molecule has 0 unspecified atom stereocenters. The average Bonchev–Trinajstić information content (AvgIpc) is 2.82. The number of aromatic hydroxyl groups is 1. The SMILES string of the molecule is O=C(O)CCc1cc(Cn2ccnc2)ccc1O. The Morgan fingerprint density at radius 3 is 2.89 bits per heavy atom. The predicted octanol–water partition coefficient (Wildman–Crippen LogP) is 1.65. The maximum Gasteiger partial charge on any atom is 0.303 e. The standard InChI is InChI=1S/C13H14N2O3/c16-12-3-1-10(8-15-6-5-14-9-15)7-11(12)2-4-13(17)18/h1,3,5-7,9,16H,2,4,8H2,(H,17,18). The van der Waals surface area contributed by atoms with Crippen molar-refractivity contribution in [3.05, 3.63) is 48.0 Å². The van der Waals surface area contributed by atoms with Crippen molar-refractivity contribution in [2.45, 2.75) is 19.4 Å². The Morgan fingerprint density at radius 1 is 1.39 bits per heavy atom. The molecule has 1 heterocycles. The van der Waals surface area contributed by atoms with Crippen molar-refractivity contribution < 1.29 is 15.0 Å². The summed E-state index contributed by atoms with van der Waals surface area (Å²) in [6.45, 7) is 0.653. The van der Waals surface area contributed by atoms with Crippen LogP contribution in [0.4, 0.5) is 0 Å². The molecule has 5 heteroatoms. The number of rotatable bonds is 5. The third-order valence-electron chi connectivity index (χ3n) is 2.68. The van der Waals surface area contributed by atoms with E-state index in [0.717, 1.165) is 5.56 Å². The number of aromatic nitrogens is 2. The Balaban J connectivity index is 2.12. The molecule has 0 spiro atoms. The van der Waals surface area contributed by atoms with Crippen LogP contribution in [0, 0.1) is 0 Å². The van der Waals surface area contributed by atoms with Crippen LogP contribution in [-0.4, -0.2) is 25.7 Å². The number of phenols is 1. The summed E-state index contributed by atoms with van der Waals surface area (Å²) in [7, 11) is 0. The highest BCUT2D eigenvalue weighted by atomic mass is 16.4. The second-order valence-electron chi connectivity index (χ2n) is 4.09. The Kier molecular flexibility index (Phi) is 3.62. The van der Waals surface area contributed by atoms with Crippen molar-refractivity contribution in [2.24, 2.45) is 0 Å². The molecule has 0 fully saturated rings. The van der Waals surface area contributed by atoms with Crippen LogP contribution in [0.25, 0.3) is 0 Å². The van der Waals surface area contributed by atoms with Crippen LogP contribution >= 0.6 is 0 Å². The third-order valence-corrected chi connectivity index (χ3v) is 2.68. The fourth-order valence-electron chi connectivity index (χ4n) is 1.77. The van der Waals surface area contributed by atoms with Crippen LogP contribution in [0.1, 0.15) is 17.5 Å². The van der Waals surface area contributed by atoms with Gasteiger partial charge in [0.1, 0.15) is 5.75 Å². The number of hydrogen-bond acceptors (Lipinski definition) is 3. The summed E-state index contributed by atoms with van der Waals surface area (Å²) >= 11 is 0. The monoisotopic (exact) mass is 246 g/mol. The largest absolute Gasteiger partial charge is 0.508 e. The van der Waals surface area contributed by atoms with Gasteiger partial charge in [0.15, 0.2) is 0 Å². The van der Waals surface area contributed by atoms with Crippen LogP contribution in [0.15, 0.2) is 36.9 Å². The van der Waals surface area contributed by atoms with Gasteiger partial charge in [-0.05, 0) is 23.6 Å². The van der Waals surface area contributed by atoms with E-state index < -0.39 is 5.97 Å². The van der Waals surface area contributed by atoms with Crippen molar-refractivity contribution in [1.82, 2.24) is 9.55 Å². The lowest BCUT2D eigenvalue weighted by molar-refractivity contribution is -0.136. The summed E-state index contributed by atoms with van der Waals surface area (Å²) in [5.74, 6) is -0.722. The molecule has 2 N–H and O–H groups in total. The highest BCUT2D eigenvalue weighted by Crippen LogP contribution is 2.20. The number of benzene rings is 1. The summed E-state index contributed by atoms with van der Waals surface area (Å²) in [6.07, 6.45) is 5.61. The number of aryl methyl sites for hydroxylation is 1. The van der Waals surface area contributed by atoms with Gasteiger partial charge in [-0.1, -0.05) is 12.1 Å². The molecule has 0 aliphatic heterocycles. The molecule has 0 aliphatic carbocycles. The van der Waals surface area contributed by atoms with Gasteiger partial charge in [0, 0.05) is 25.4 Å². The third kappa shape index (κ3) is 3.10. The maximum absolute atomic E-state index is 10.5. The molecule has 0 amide bonds. The normalized spacial score (nSPS) is 10.4. The fraction of sp³-hybridized carbons (Fsp3) is 0.231. The summed E-state index contributed by atoms with van der Waals surface area (Å²) in [5, 5.41) is 18.3. The van der Waals surface area contributed by atoms with Crippen molar-refractivity contribution in [1.29, 1.82) is 0 Å². The number of hydrogen-bond donors (Lipinski definition) is 2. The predicted molar refractivity (Wildman–Crippen MR) is 65.4 cm³/mol. The van der Waals surface area contributed by atoms with E-state index in [1.807, 2.05) is 22.9 Å². The summed E-state index contributed by atoms with van der Waals surface area (Å²) < 4.78 is 1.91. The van der Waals surface area contributed by atoms with Crippen molar-refractivity contribution in [3.63, 3.8) is 0 Å². The number of aliphatic carboxylic acids is 1. The van der Waals surface area contributed by atoms with Crippen LogP contribution < -0.4 is 0 Å². The van der Waals surface area contributed by atoms with Crippen LogP contribution in [0.5, 0.6) is 5.75 Å². The summed E-state index contributed by atoms with van der Waals surface area (Å²) in [6, 6.07) is 5.25. The van der Waals surface area contributed by atoms with Crippen molar-refractivity contribution >= 4 is 5.97 Å². The molecule has 0 radical (unpaired) electrons. The smallest absolute Gasteiger partial charge is 0.303 e. The summed E-state index contributed by atoms with van der Waals surface area (Å²) in [5.41, 5.74) is 1.67. The van der Waals surface area contributed by atoms with Gasteiger partial charge in [-0.25, -0.2) is 4.98 Å². The zero-order valence-electron chi connectivity index (χ0n) is 9.78. The topological polar surface area (TPSA) is 75.3 Å². The van der Waals surface area contributed by atoms with Gasteiger partial charge in [-0.3, -0.25) is 4.79 Å². The second-order valence-corrected chi connectivity index (χ2v) is 4.09. The van der Waals surface area contributed by atoms with Crippen molar-refractivity contribution in [2.75, 3.05) is 0 Å². The molecule has 0 saturated carbocycles. The zero-order valence-corrected chi connectivity index (χ0v) is 9.78. The van der Waals surface area contributed by atoms with Crippen LogP contribution in [0.3, 0.4) is 0 Å². The van der Waals surface area contributed by atoms with Gasteiger partial charge < -0.3 is 14.8 Å². The first-order valence-electron chi connectivity index (χ1n) is 5.63. The number of imidazole rings is 1. The molecule has 0 aliphatic rings. The van der Waals surface area contributed by atoms with Gasteiger partial charge >= 0.3 is 5.97 Å². The molecule has 5 nitrogen and oxygen atoms in total. The van der Waals surface area contributed by atoms with E-state index in [2.05, 4.69) is 4.98 Å². The van der Waals surface area contributed by atoms with Crippen molar-refractivity contribution in [3.8, 4) is 5.75 Å². The molecule has 0 saturated heterocycles. The van der Waals surface area contributed by atoms with E-state index >= 15 is 0 Å². The molecular weight excluding hydrogens is 232 g/mol. The average molecular weight is 246 g/mol. The molecule has 0 bridgehead atoms. The van der Waals surface area contributed by atoms with Crippen LogP contribution in [0.2, 0.25) is 0 Å². The van der Waals surface area contributed by atoms with Gasteiger partial charge in [0.25, 0.3) is 0 Å². The Morgan fingerprint density at radius 2 is 2.22 bits per heavy atom. The lowest BCUT2D eigenvalue weighted by atomic mass is 10.0. The first-order valence-corrected chi connectivity index (χ1v) is 5.63. The minimum Gasteiger partial charge on any atom is -0.508 e. The molecule has 2 rings (SSSR count). The lowest BCUT2D eigenvalue weighted by Crippen LogP contribution is -2.00. The highest BCUT2D eigenvalue weighted by molar-refractivity contribution is 5.67. The molecule has 1 aromatic heterocycles. The van der Waals surface area contributed by atoms with Crippen LogP contribution in [-0.2, 0) is 17.8 Å². The second kappa shape index (κ2) is 5.35. The minimum atomic E-state index is -0.866. The number of carboxylic acids is 1. The Bertz CT molecular complexity index is 535. The van der Waals surface area contributed by atoms with E-state index in [1.54, 1.807) is 18.6 Å². The molecule has 1 aromatic carbocycles. The van der Waals surface area contributed by atoms with Gasteiger partial charge in [-0.2, -0.15) is 0 Å². The molecule has 94 valence electrons. The Labute approximate surface area is 104 Å². The summed E-state index contributed by atoms with van der Waals surface area (Å²) in [4.78, 5) is 14.5. The fourth-order valence-corrected chi connectivity index (χ4v) is 1.77. The number of carbonyl (C=O) groups is 1. The van der Waals surface area contributed by atoms with E-state index in [-0.39, 0.29) is 12.2 Å². The zero-order chi connectivity index (χ0) is 13.0. The maximum atomic E-state index is 10.5. The minimum absolute atomic E-state index is 0.0160. The van der Waals surface area contributed by atoms with E-state index in [9.17, 15) is 9.90 Å². The van der Waals surface area contributed by atoms with E-state index in [1.165, 1.54) is 0 Å².